The summed E-state index contributed by atoms with van der Waals surface area (Å²) in [4.78, 5) is 26.1. The summed E-state index contributed by atoms with van der Waals surface area (Å²) in [7, 11) is 0. The molecule has 7 nitrogen and oxygen atoms in total. The van der Waals surface area contributed by atoms with Crippen molar-refractivity contribution in [3.63, 3.8) is 0 Å². The second kappa shape index (κ2) is 6.45. The molecule has 3 aromatic rings. The highest BCUT2D eigenvalue weighted by Crippen LogP contribution is 2.31. The largest absolute Gasteiger partial charge is 0.416 e. The van der Waals surface area contributed by atoms with E-state index in [0.29, 0.717) is 30.5 Å². The van der Waals surface area contributed by atoms with E-state index >= 15 is 0 Å². The summed E-state index contributed by atoms with van der Waals surface area (Å²) in [6, 6.07) is 4.15. The van der Waals surface area contributed by atoms with Crippen LogP contribution in [0.4, 0.5) is 13.2 Å². The van der Waals surface area contributed by atoms with E-state index in [0.717, 1.165) is 12.1 Å². The van der Waals surface area contributed by atoms with Gasteiger partial charge in [-0.2, -0.15) is 18.2 Å². The van der Waals surface area contributed by atoms with Crippen molar-refractivity contribution >= 4 is 5.91 Å². The minimum Gasteiger partial charge on any atom is -0.338 e. The Bertz CT molecular complexity index is 951. The molecule has 1 aliphatic rings. The fourth-order valence-corrected chi connectivity index (χ4v) is 2.70. The first-order valence-electron chi connectivity index (χ1n) is 7.98. The summed E-state index contributed by atoms with van der Waals surface area (Å²) in [6.07, 6.45) is 0.123. The van der Waals surface area contributed by atoms with Crippen LogP contribution in [0.3, 0.4) is 0 Å². The van der Waals surface area contributed by atoms with E-state index in [9.17, 15) is 18.0 Å². The predicted molar refractivity (Wildman–Crippen MR) is 85.4 cm³/mol. The summed E-state index contributed by atoms with van der Waals surface area (Å²) in [5, 5.41) is 3.85. The molecule has 1 amide bonds. The van der Waals surface area contributed by atoms with Crippen molar-refractivity contribution in [1.29, 1.82) is 0 Å². The molecule has 10 heteroatoms. The molecule has 0 atom stereocenters. The fourth-order valence-electron chi connectivity index (χ4n) is 2.70. The molecule has 4 rings (SSSR count). The molecule has 0 aliphatic carbocycles. The van der Waals surface area contributed by atoms with Crippen LogP contribution in [0.25, 0.3) is 11.5 Å². The first-order valence-corrected chi connectivity index (χ1v) is 7.98. The molecular weight excluding hydrogens is 363 g/mol. The Morgan fingerprint density at radius 3 is 2.52 bits per heavy atom. The summed E-state index contributed by atoms with van der Waals surface area (Å²) in [6.45, 7) is 0.698. The molecule has 3 heterocycles. The zero-order valence-corrected chi connectivity index (χ0v) is 13.7. The van der Waals surface area contributed by atoms with E-state index in [1.165, 1.54) is 35.6 Å². The number of carbonyl (C=O) groups excluding carboxylic acids is 1. The maximum Gasteiger partial charge on any atom is 0.416 e. The number of aromatic nitrogens is 4. The van der Waals surface area contributed by atoms with Gasteiger partial charge in [0.2, 0.25) is 11.7 Å². The van der Waals surface area contributed by atoms with E-state index in [1.54, 1.807) is 0 Å². The lowest BCUT2D eigenvalue weighted by Crippen LogP contribution is -2.48. The van der Waals surface area contributed by atoms with Crippen LogP contribution >= 0.6 is 0 Å². The SMILES string of the molecule is O=C(c1ccc(C(F)(F)F)cc1)N1CC(c2nc(-c3cnccn3)no2)C1. The van der Waals surface area contributed by atoms with E-state index in [-0.39, 0.29) is 17.4 Å². The first-order chi connectivity index (χ1) is 12.9. The van der Waals surface area contributed by atoms with Gasteiger partial charge >= 0.3 is 6.18 Å². The van der Waals surface area contributed by atoms with Gasteiger partial charge in [-0.05, 0) is 24.3 Å². The highest BCUT2D eigenvalue weighted by Gasteiger charge is 2.36. The summed E-state index contributed by atoms with van der Waals surface area (Å²) >= 11 is 0. The molecule has 2 aromatic heterocycles. The van der Waals surface area contributed by atoms with Crippen molar-refractivity contribution in [3.8, 4) is 11.5 Å². The van der Waals surface area contributed by atoms with Crippen LogP contribution in [0.5, 0.6) is 0 Å². The van der Waals surface area contributed by atoms with Crippen molar-refractivity contribution in [2.45, 2.75) is 12.1 Å². The van der Waals surface area contributed by atoms with E-state index in [2.05, 4.69) is 20.1 Å². The van der Waals surface area contributed by atoms with Gasteiger partial charge in [0.15, 0.2) is 0 Å². The Labute approximate surface area is 150 Å². The van der Waals surface area contributed by atoms with E-state index < -0.39 is 11.7 Å². The zero-order valence-electron chi connectivity index (χ0n) is 13.7. The quantitative estimate of drug-likeness (QED) is 0.700. The Morgan fingerprint density at radius 2 is 1.89 bits per heavy atom. The average molecular weight is 375 g/mol. The molecule has 0 bridgehead atoms. The van der Waals surface area contributed by atoms with Crippen molar-refractivity contribution in [2.75, 3.05) is 13.1 Å². The molecule has 0 spiro atoms. The van der Waals surface area contributed by atoms with Gasteiger partial charge in [0, 0.05) is 31.0 Å². The third-order valence-electron chi connectivity index (χ3n) is 4.21. The van der Waals surface area contributed by atoms with Crippen molar-refractivity contribution < 1.29 is 22.5 Å². The normalized spacial score (nSPS) is 14.9. The Morgan fingerprint density at radius 1 is 1.15 bits per heavy atom. The molecule has 1 aromatic carbocycles. The van der Waals surface area contributed by atoms with Crippen LogP contribution in [-0.4, -0.2) is 44.0 Å². The van der Waals surface area contributed by atoms with Gasteiger partial charge in [-0.1, -0.05) is 5.16 Å². The molecular formula is C17H12F3N5O2. The number of halogens is 3. The number of benzene rings is 1. The molecule has 0 saturated carbocycles. The molecule has 1 fully saturated rings. The van der Waals surface area contributed by atoms with Crippen LogP contribution in [0.15, 0.2) is 47.4 Å². The van der Waals surface area contributed by atoms with Crippen LogP contribution in [0.2, 0.25) is 0 Å². The average Bonchev–Trinajstić information content (AvgIpc) is 3.10. The third-order valence-corrected chi connectivity index (χ3v) is 4.21. The molecule has 0 N–H and O–H groups in total. The van der Waals surface area contributed by atoms with Gasteiger partial charge in [0.1, 0.15) is 5.69 Å². The van der Waals surface area contributed by atoms with Gasteiger partial charge in [-0.25, -0.2) is 4.98 Å². The monoisotopic (exact) mass is 375 g/mol. The second-order valence-electron chi connectivity index (χ2n) is 6.03. The van der Waals surface area contributed by atoms with Crippen molar-refractivity contribution in [3.05, 3.63) is 59.9 Å². The molecule has 138 valence electrons. The number of hydrogen-bond acceptors (Lipinski definition) is 6. The summed E-state index contributed by atoms with van der Waals surface area (Å²) < 4.78 is 43.0. The van der Waals surface area contributed by atoms with Gasteiger partial charge in [-0.15, -0.1) is 0 Å². The maximum absolute atomic E-state index is 12.6. The molecule has 1 aliphatic heterocycles. The van der Waals surface area contributed by atoms with Crippen molar-refractivity contribution in [2.24, 2.45) is 0 Å². The molecule has 1 saturated heterocycles. The van der Waals surface area contributed by atoms with Crippen LogP contribution in [0, 0.1) is 0 Å². The zero-order chi connectivity index (χ0) is 19.0. The van der Waals surface area contributed by atoms with E-state index in [1.807, 2.05) is 0 Å². The highest BCUT2D eigenvalue weighted by atomic mass is 19.4. The molecule has 0 unspecified atom stereocenters. The molecule has 27 heavy (non-hydrogen) atoms. The first kappa shape index (κ1) is 17.1. The van der Waals surface area contributed by atoms with Gasteiger partial charge in [0.25, 0.3) is 5.91 Å². The van der Waals surface area contributed by atoms with Crippen LogP contribution in [0.1, 0.15) is 27.7 Å². The summed E-state index contributed by atoms with van der Waals surface area (Å²) in [5.74, 6) is 0.229. The van der Waals surface area contributed by atoms with Crippen LogP contribution in [-0.2, 0) is 6.18 Å². The molecule has 0 radical (unpaired) electrons. The smallest absolute Gasteiger partial charge is 0.338 e. The second-order valence-corrected chi connectivity index (χ2v) is 6.03. The standard InChI is InChI=1S/C17H12F3N5O2/c18-17(19,20)12-3-1-10(2-4-12)16(26)25-8-11(9-25)15-23-14(24-27-15)13-7-21-5-6-22-13/h1-7,11H,8-9H2. The highest BCUT2D eigenvalue weighted by molar-refractivity contribution is 5.94. The topological polar surface area (TPSA) is 85.0 Å². The fraction of sp³-hybridized carbons (Fsp3) is 0.235. The Kier molecular flexibility index (Phi) is 4.09. The number of carbonyl (C=O) groups is 1. The van der Waals surface area contributed by atoms with Gasteiger partial charge in [0.05, 0.1) is 17.7 Å². The Balaban J connectivity index is 1.39. The van der Waals surface area contributed by atoms with E-state index in [4.69, 9.17) is 4.52 Å². The third kappa shape index (κ3) is 3.37. The number of rotatable bonds is 3. The number of nitrogens with zero attached hydrogens (tertiary/aromatic N) is 5. The van der Waals surface area contributed by atoms with Crippen LogP contribution < -0.4 is 0 Å². The predicted octanol–water partition coefficient (Wildman–Crippen LogP) is 2.79. The number of hydrogen-bond donors (Lipinski definition) is 0. The minimum absolute atomic E-state index is 0.124. The lowest BCUT2D eigenvalue weighted by molar-refractivity contribution is -0.137. The minimum atomic E-state index is -4.43. The lowest BCUT2D eigenvalue weighted by Gasteiger charge is -2.37. The van der Waals surface area contributed by atoms with Gasteiger partial charge < -0.3 is 9.42 Å². The number of alkyl halides is 3. The number of amides is 1. The van der Waals surface area contributed by atoms with Gasteiger partial charge in [-0.3, -0.25) is 9.78 Å². The number of likely N-dealkylation sites (tertiary alicyclic amines) is 1. The maximum atomic E-state index is 12.6. The Hall–Kier alpha value is -3.30. The van der Waals surface area contributed by atoms with Crippen molar-refractivity contribution in [1.82, 2.24) is 25.0 Å². The summed E-state index contributed by atoms with van der Waals surface area (Å²) in [5.41, 5.74) is -0.111. The lowest BCUT2D eigenvalue weighted by atomic mass is 9.98.